The van der Waals surface area contributed by atoms with Gasteiger partial charge in [0.2, 0.25) is 0 Å². The molecule has 3 aromatic heterocycles. The van der Waals surface area contributed by atoms with Crippen LogP contribution in [0, 0.1) is 13.8 Å². The first-order chi connectivity index (χ1) is 25.6. The quantitative estimate of drug-likeness (QED) is 0.166. The standard InChI is InChI=1S/C48H34N4/c1-31-19-20-36-25-26-42-43(27-32(2)50-47(42)46(36)49-31)40-17-9-15-38(28-40)39-16-10-18-41(29-39)45-30-44(35-13-7-4-8-14-35)51-48(52-45)37-23-21-34(22-24-37)33-11-5-3-6-12-33/h3-30H,1-2H3. The highest BCUT2D eigenvalue weighted by molar-refractivity contribution is 6.08. The normalized spacial score (nSPS) is 11.3. The fraction of sp³-hybridized carbons (Fsp3) is 0.0417. The highest BCUT2D eigenvalue weighted by Crippen LogP contribution is 2.36. The lowest BCUT2D eigenvalue weighted by Crippen LogP contribution is -1.96. The Balaban J connectivity index is 1.12. The lowest BCUT2D eigenvalue weighted by molar-refractivity contribution is 1.18. The average molecular weight is 667 g/mol. The van der Waals surface area contributed by atoms with E-state index < -0.39 is 0 Å². The summed E-state index contributed by atoms with van der Waals surface area (Å²) >= 11 is 0. The summed E-state index contributed by atoms with van der Waals surface area (Å²) in [6.07, 6.45) is 0. The van der Waals surface area contributed by atoms with Gasteiger partial charge in [-0.05, 0) is 77.6 Å². The van der Waals surface area contributed by atoms with Crippen molar-refractivity contribution in [1.82, 2.24) is 19.9 Å². The fourth-order valence-electron chi connectivity index (χ4n) is 6.98. The van der Waals surface area contributed by atoms with Crippen LogP contribution >= 0.6 is 0 Å². The van der Waals surface area contributed by atoms with E-state index in [2.05, 4.69) is 153 Å². The van der Waals surface area contributed by atoms with Crippen molar-refractivity contribution < 1.29 is 0 Å². The van der Waals surface area contributed by atoms with E-state index in [9.17, 15) is 0 Å². The summed E-state index contributed by atoms with van der Waals surface area (Å²) in [6.45, 7) is 4.09. The maximum atomic E-state index is 5.15. The van der Waals surface area contributed by atoms with E-state index in [4.69, 9.17) is 19.9 Å². The molecule has 4 nitrogen and oxygen atoms in total. The molecule has 0 saturated heterocycles. The summed E-state index contributed by atoms with van der Waals surface area (Å²) < 4.78 is 0. The summed E-state index contributed by atoms with van der Waals surface area (Å²) in [5.74, 6) is 0.695. The highest BCUT2D eigenvalue weighted by atomic mass is 14.9. The Kier molecular flexibility index (Phi) is 7.90. The van der Waals surface area contributed by atoms with Crippen molar-refractivity contribution in [1.29, 1.82) is 0 Å². The van der Waals surface area contributed by atoms with Crippen molar-refractivity contribution in [2.24, 2.45) is 0 Å². The summed E-state index contributed by atoms with van der Waals surface area (Å²) in [7, 11) is 0. The first kappa shape index (κ1) is 31.2. The van der Waals surface area contributed by atoms with Gasteiger partial charge >= 0.3 is 0 Å². The van der Waals surface area contributed by atoms with Gasteiger partial charge in [0.25, 0.3) is 0 Å². The van der Waals surface area contributed by atoms with Gasteiger partial charge in [0, 0.05) is 38.9 Å². The van der Waals surface area contributed by atoms with Crippen molar-refractivity contribution in [3.05, 3.63) is 181 Å². The molecule has 3 heterocycles. The average Bonchev–Trinajstić information content (AvgIpc) is 3.21. The number of rotatable bonds is 6. The van der Waals surface area contributed by atoms with Gasteiger partial charge in [0.1, 0.15) is 0 Å². The Morgan fingerprint density at radius 3 is 1.60 bits per heavy atom. The van der Waals surface area contributed by atoms with E-state index in [0.29, 0.717) is 5.82 Å². The monoisotopic (exact) mass is 666 g/mol. The van der Waals surface area contributed by atoms with Crippen LogP contribution in [0.5, 0.6) is 0 Å². The minimum atomic E-state index is 0.695. The van der Waals surface area contributed by atoms with Crippen LogP contribution in [0.15, 0.2) is 170 Å². The molecule has 0 saturated carbocycles. The maximum absolute atomic E-state index is 5.15. The molecule has 4 heteroatoms. The van der Waals surface area contributed by atoms with Gasteiger partial charge in [0.15, 0.2) is 5.82 Å². The fourth-order valence-corrected chi connectivity index (χ4v) is 6.98. The smallest absolute Gasteiger partial charge is 0.160 e. The second-order valence-electron chi connectivity index (χ2n) is 13.2. The maximum Gasteiger partial charge on any atom is 0.160 e. The molecule has 0 spiro atoms. The largest absolute Gasteiger partial charge is 0.251 e. The molecular weight excluding hydrogens is 633 g/mol. The number of aromatic nitrogens is 4. The van der Waals surface area contributed by atoms with Crippen LogP contribution in [0.3, 0.4) is 0 Å². The van der Waals surface area contributed by atoms with E-state index in [1.54, 1.807) is 0 Å². The third-order valence-electron chi connectivity index (χ3n) is 9.62. The van der Waals surface area contributed by atoms with Gasteiger partial charge in [-0.3, -0.25) is 9.97 Å². The summed E-state index contributed by atoms with van der Waals surface area (Å²) in [4.78, 5) is 20.1. The van der Waals surface area contributed by atoms with Crippen molar-refractivity contribution in [2.45, 2.75) is 13.8 Å². The molecule has 6 aromatic carbocycles. The number of hydrogen-bond acceptors (Lipinski definition) is 4. The molecule has 9 rings (SSSR count). The number of benzene rings is 6. The van der Waals surface area contributed by atoms with Crippen LogP contribution < -0.4 is 0 Å². The second kappa shape index (κ2) is 13.2. The van der Waals surface area contributed by atoms with Crippen LogP contribution in [-0.4, -0.2) is 19.9 Å². The Bertz CT molecular complexity index is 2740. The van der Waals surface area contributed by atoms with Gasteiger partial charge in [-0.2, -0.15) is 0 Å². The minimum absolute atomic E-state index is 0.695. The van der Waals surface area contributed by atoms with Crippen molar-refractivity contribution >= 4 is 21.8 Å². The van der Waals surface area contributed by atoms with Gasteiger partial charge in [-0.15, -0.1) is 0 Å². The zero-order valence-corrected chi connectivity index (χ0v) is 29.0. The first-order valence-electron chi connectivity index (χ1n) is 17.6. The Labute approximate surface area is 303 Å². The lowest BCUT2D eigenvalue weighted by Gasteiger charge is -2.13. The topological polar surface area (TPSA) is 51.6 Å². The van der Waals surface area contributed by atoms with Gasteiger partial charge in [0.05, 0.1) is 22.4 Å². The highest BCUT2D eigenvalue weighted by Gasteiger charge is 2.14. The third kappa shape index (κ3) is 6.01. The number of pyridine rings is 2. The molecule has 0 aliphatic rings. The van der Waals surface area contributed by atoms with Crippen LogP contribution in [0.1, 0.15) is 11.4 Å². The van der Waals surface area contributed by atoms with E-state index in [-0.39, 0.29) is 0 Å². The van der Waals surface area contributed by atoms with Gasteiger partial charge in [-0.1, -0.05) is 140 Å². The van der Waals surface area contributed by atoms with Crippen LogP contribution in [-0.2, 0) is 0 Å². The number of hydrogen-bond donors (Lipinski definition) is 0. The second-order valence-corrected chi connectivity index (χ2v) is 13.2. The number of nitrogens with zero attached hydrogens (tertiary/aromatic N) is 4. The summed E-state index contributed by atoms with van der Waals surface area (Å²) in [5, 5.41) is 2.20. The molecule has 9 aromatic rings. The predicted octanol–water partition coefficient (Wildman–Crippen LogP) is 12.2. The van der Waals surface area contributed by atoms with Gasteiger partial charge < -0.3 is 0 Å². The van der Waals surface area contributed by atoms with Crippen molar-refractivity contribution in [3.8, 4) is 67.3 Å². The Hall–Kier alpha value is -6.78. The van der Waals surface area contributed by atoms with E-state index in [1.165, 1.54) is 5.56 Å². The molecule has 0 amide bonds. The molecule has 246 valence electrons. The first-order valence-corrected chi connectivity index (χ1v) is 17.6. The molecule has 0 aliphatic carbocycles. The number of fused-ring (bicyclic) bond motifs is 3. The third-order valence-corrected chi connectivity index (χ3v) is 9.62. The number of aryl methyl sites for hydroxylation is 2. The summed E-state index contributed by atoms with van der Waals surface area (Å²) in [6, 6.07) is 59.4. The Morgan fingerprint density at radius 2 is 0.865 bits per heavy atom. The zero-order valence-electron chi connectivity index (χ0n) is 29.0. The van der Waals surface area contributed by atoms with Gasteiger partial charge in [-0.25, -0.2) is 9.97 Å². The van der Waals surface area contributed by atoms with Crippen LogP contribution in [0.4, 0.5) is 0 Å². The molecule has 0 fully saturated rings. The minimum Gasteiger partial charge on any atom is -0.251 e. The zero-order chi connectivity index (χ0) is 35.0. The van der Waals surface area contributed by atoms with Crippen molar-refractivity contribution in [3.63, 3.8) is 0 Å². The van der Waals surface area contributed by atoms with E-state index >= 15 is 0 Å². The Morgan fingerprint density at radius 1 is 0.327 bits per heavy atom. The molecule has 0 N–H and O–H groups in total. The molecule has 0 aliphatic heterocycles. The molecular formula is C48H34N4. The predicted molar refractivity (Wildman–Crippen MR) is 215 cm³/mol. The lowest BCUT2D eigenvalue weighted by atomic mass is 9.94. The van der Waals surface area contributed by atoms with Crippen LogP contribution in [0.2, 0.25) is 0 Å². The molecule has 0 bridgehead atoms. The van der Waals surface area contributed by atoms with Crippen LogP contribution in [0.25, 0.3) is 89.1 Å². The van der Waals surface area contributed by atoms with Crippen molar-refractivity contribution in [2.75, 3.05) is 0 Å². The summed E-state index contributed by atoms with van der Waals surface area (Å²) in [5.41, 5.74) is 15.5. The molecule has 0 atom stereocenters. The van der Waals surface area contributed by atoms with E-state index in [1.807, 2.05) is 31.2 Å². The molecule has 52 heavy (non-hydrogen) atoms. The SMILES string of the molecule is Cc1ccc2ccc3c(-c4cccc(-c5cccc(-c6cc(-c7ccccc7)nc(-c7ccc(-c8ccccc8)cc7)n6)c5)c4)cc(C)nc3c2n1. The molecule has 0 radical (unpaired) electrons. The molecule has 0 unspecified atom stereocenters. The van der Waals surface area contributed by atoms with E-state index in [0.717, 1.165) is 89.1 Å².